The number of rotatable bonds is 4. The highest BCUT2D eigenvalue weighted by atomic mass is 32.1. The third-order valence-corrected chi connectivity index (χ3v) is 4.02. The average molecular weight is 283 g/mol. The Hall–Kier alpha value is -2.07. The van der Waals surface area contributed by atoms with Crippen LogP contribution in [0.1, 0.15) is 12.5 Å². The number of pyridine rings is 1. The Balaban J connectivity index is 1.83. The summed E-state index contributed by atoms with van der Waals surface area (Å²) in [5.41, 5.74) is 9.96. The Labute approximate surface area is 122 Å². The van der Waals surface area contributed by atoms with Crippen molar-refractivity contribution in [1.82, 2.24) is 4.98 Å². The summed E-state index contributed by atoms with van der Waals surface area (Å²) in [6.45, 7) is 2.20. The van der Waals surface area contributed by atoms with Crippen LogP contribution in [0.3, 0.4) is 0 Å². The molecule has 1 atom stereocenters. The molecule has 0 saturated carbocycles. The SMILES string of the molecule is CC(Cc1ccsc1)Nc1ccnc2cc(N)ccc12. The van der Waals surface area contributed by atoms with Gasteiger partial charge < -0.3 is 11.1 Å². The number of aromatic nitrogens is 1. The molecule has 0 spiro atoms. The summed E-state index contributed by atoms with van der Waals surface area (Å²) < 4.78 is 0. The quantitative estimate of drug-likeness (QED) is 0.713. The third kappa shape index (κ3) is 2.75. The second-order valence-electron chi connectivity index (χ2n) is 5.02. The van der Waals surface area contributed by atoms with Crippen molar-refractivity contribution in [3.63, 3.8) is 0 Å². The smallest absolute Gasteiger partial charge is 0.0743 e. The van der Waals surface area contributed by atoms with Gasteiger partial charge in [0.2, 0.25) is 0 Å². The van der Waals surface area contributed by atoms with Gasteiger partial charge in [0.25, 0.3) is 0 Å². The first-order valence-corrected chi connectivity index (χ1v) is 7.58. The van der Waals surface area contributed by atoms with Gasteiger partial charge in [0.15, 0.2) is 0 Å². The number of nitrogens with one attached hydrogen (secondary N) is 1. The number of nitrogen functional groups attached to an aromatic ring is 1. The van der Waals surface area contributed by atoms with Gasteiger partial charge in [0.05, 0.1) is 5.52 Å². The maximum Gasteiger partial charge on any atom is 0.0743 e. The Morgan fingerprint density at radius 3 is 3.00 bits per heavy atom. The second kappa shape index (κ2) is 5.51. The predicted molar refractivity (Wildman–Crippen MR) is 87.3 cm³/mol. The molecule has 0 fully saturated rings. The molecule has 1 aromatic carbocycles. The minimum absolute atomic E-state index is 0.368. The average Bonchev–Trinajstić information content (AvgIpc) is 2.91. The number of anilines is 2. The van der Waals surface area contributed by atoms with Gasteiger partial charge in [-0.3, -0.25) is 4.98 Å². The van der Waals surface area contributed by atoms with E-state index in [1.807, 2.05) is 30.5 Å². The minimum Gasteiger partial charge on any atom is -0.399 e. The zero-order valence-electron chi connectivity index (χ0n) is 11.3. The van der Waals surface area contributed by atoms with Crippen molar-refractivity contribution in [1.29, 1.82) is 0 Å². The fourth-order valence-corrected chi connectivity index (χ4v) is 3.05. The van der Waals surface area contributed by atoms with Crippen LogP contribution in [0.2, 0.25) is 0 Å². The number of benzene rings is 1. The van der Waals surface area contributed by atoms with Crippen LogP contribution in [0.4, 0.5) is 11.4 Å². The van der Waals surface area contributed by atoms with Crippen molar-refractivity contribution in [2.24, 2.45) is 0 Å². The predicted octanol–water partition coefficient (Wildman–Crippen LogP) is 3.92. The molecule has 3 nitrogen and oxygen atoms in total. The number of nitrogens with two attached hydrogens (primary N) is 1. The molecule has 0 saturated heterocycles. The van der Waals surface area contributed by atoms with E-state index in [4.69, 9.17) is 5.73 Å². The van der Waals surface area contributed by atoms with Gasteiger partial charge >= 0.3 is 0 Å². The van der Waals surface area contributed by atoms with E-state index in [0.29, 0.717) is 6.04 Å². The van der Waals surface area contributed by atoms with Crippen LogP contribution in [0.25, 0.3) is 10.9 Å². The van der Waals surface area contributed by atoms with Crippen molar-refractivity contribution in [3.05, 3.63) is 52.9 Å². The normalized spacial score (nSPS) is 12.4. The van der Waals surface area contributed by atoms with E-state index in [-0.39, 0.29) is 0 Å². The van der Waals surface area contributed by atoms with Crippen molar-refractivity contribution in [3.8, 4) is 0 Å². The monoisotopic (exact) mass is 283 g/mol. The van der Waals surface area contributed by atoms with Gasteiger partial charge in [-0.1, -0.05) is 0 Å². The van der Waals surface area contributed by atoms with Crippen molar-refractivity contribution < 1.29 is 0 Å². The Morgan fingerprint density at radius 1 is 1.30 bits per heavy atom. The summed E-state index contributed by atoms with van der Waals surface area (Å²) in [4.78, 5) is 4.37. The number of thiophene rings is 1. The molecule has 0 aliphatic carbocycles. The van der Waals surface area contributed by atoms with E-state index in [0.717, 1.165) is 28.7 Å². The summed E-state index contributed by atoms with van der Waals surface area (Å²) in [6.07, 6.45) is 2.84. The molecule has 3 rings (SSSR count). The summed E-state index contributed by atoms with van der Waals surface area (Å²) in [7, 11) is 0. The van der Waals surface area contributed by atoms with Crippen LogP contribution < -0.4 is 11.1 Å². The maximum atomic E-state index is 5.81. The molecular formula is C16H17N3S. The fraction of sp³-hybridized carbons (Fsp3) is 0.188. The van der Waals surface area contributed by atoms with Crippen LogP contribution in [-0.2, 0) is 6.42 Å². The van der Waals surface area contributed by atoms with E-state index < -0.39 is 0 Å². The molecule has 20 heavy (non-hydrogen) atoms. The molecule has 102 valence electrons. The van der Waals surface area contributed by atoms with Crippen molar-refractivity contribution >= 4 is 33.6 Å². The Morgan fingerprint density at radius 2 is 2.20 bits per heavy atom. The first-order chi connectivity index (χ1) is 9.72. The van der Waals surface area contributed by atoms with Gasteiger partial charge in [-0.15, -0.1) is 0 Å². The number of hydrogen-bond donors (Lipinski definition) is 2. The molecule has 0 aliphatic rings. The third-order valence-electron chi connectivity index (χ3n) is 3.29. The van der Waals surface area contributed by atoms with E-state index in [2.05, 4.69) is 34.1 Å². The van der Waals surface area contributed by atoms with E-state index >= 15 is 0 Å². The lowest BCUT2D eigenvalue weighted by molar-refractivity contribution is 0.794. The van der Waals surface area contributed by atoms with Crippen LogP contribution in [0.15, 0.2) is 47.3 Å². The molecule has 4 heteroatoms. The van der Waals surface area contributed by atoms with Crippen LogP contribution >= 0.6 is 11.3 Å². The van der Waals surface area contributed by atoms with E-state index in [9.17, 15) is 0 Å². The zero-order chi connectivity index (χ0) is 13.9. The molecule has 0 amide bonds. The molecule has 2 heterocycles. The van der Waals surface area contributed by atoms with Gasteiger partial charge in [0, 0.05) is 29.0 Å². The van der Waals surface area contributed by atoms with Crippen molar-refractivity contribution in [2.45, 2.75) is 19.4 Å². The second-order valence-corrected chi connectivity index (χ2v) is 5.80. The Bertz CT molecular complexity index is 707. The molecule has 3 aromatic rings. The highest BCUT2D eigenvalue weighted by Gasteiger charge is 2.07. The van der Waals surface area contributed by atoms with Crippen LogP contribution in [0, 0.1) is 0 Å². The lowest BCUT2D eigenvalue weighted by Gasteiger charge is -2.16. The number of fused-ring (bicyclic) bond motifs is 1. The first-order valence-electron chi connectivity index (χ1n) is 6.64. The highest BCUT2D eigenvalue weighted by Crippen LogP contribution is 2.24. The highest BCUT2D eigenvalue weighted by molar-refractivity contribution is 7.07. The Kier molecular flexibility index (Phi) is 3.56. The van der Waals surface area contributed by atoms with Crippen molar-refractivity contribution in [2.75, 3.05) is 11.1 Å². The molecule has 1 unspecified atom stereocenters. The number of hydrogen-bond acceptors (Lipinski definition) is 4. The number of nitrogens with zero attached hydrogens (tertiary/aromatic N) is 1. The molecule has 0 bridgehead atoms. The summed E-state index contributed by atoms with van der Waals surface area (Å²) in [5.74, 6) is 0. The van der Waals surface area contributed by atoms with Gasteiger partial charge in [-0.2, -0.15) is 11.3 Å². The first kappa shape index (κ1) is 12.9. The summed E-state index contributed by atoms with van der Waals surface area (Å²) >= 11 is 1.74. The van der Waals surface area contributed by atoms with Gasteiger partial charge in [-0.05, 0) is 60.0 Å². The lowest BCUT2D eigenvalue weighted by atomic mass is 10.1. The molecular weight excluding hydrogens is 266 g/mol. The molecule has 0 radical (unpaired) electrons. The van der Waals surface area contributed by atoms with Crippen LogP contribution in [-0.4, -0.2) is 11.0 Å². The topological polar surface area (TPSA) is 50.9 Å². The van der Waals surface area contributed by atoms with Crippen LogP contribution in [0.5, 0.6) is 0 Å². The fourth-order valence-electron chi connectivity index (χ4n) is 2.37. The van der Waals surface area contributed by atoms with Gasteiger partial charge in [-0.25, -0.2) is 0 Å². The maximum absolute atomic E-state index is 5.81. The van der Waals surface area contributed by atoms with E-state index in [1.54, 1.807) is 11.3 Å². The summed E-state index contributed by atoms with van der Waals surface area (Å²) in [5, 5.41) is 8.99. The van der Waals surface area contributed by atoms with E-state index in [1.165, 1.54) is 5.56 Å². The molecule has 2 aromatic heterocycles. The minimum atomic E-state index is 0.368. The largest absolute Gasteiger partial charge is 0.399 e. The zero-order valence-corrected chi connectivity index (χ0v) is 12.2. The molecule has 3 N–H and O–H groups in total. The van der Waals surface area contributed by atoms with Gasteiger partial charge in [0.1, 0.15) is 0 Å². The standard InChI is InChI=1S/C16H17N3S/c1-11(8-12-5-7-20-10-12)19-15-4-6-18-16-9-13(17)2-3-14(15)16/h2-7,9-11H,8,17H2,1H3,(H,18,19). The summed E-state index contributed by atoms with van der Waals surface area (Å²) in [6, 6.07) is 10.4. The lowest BCUT2D eigenvalue weighted by Crippen LogP contribution is -2.18. The molecule has 0 aliphatic heterocycles.